The van der Waals surface area contributed by atoms with Crippen LogP contribution in [0.4, 0.5) is 16.2 Å². The number of amides is 5. The van der Waals surface area contributed by atoms with E-state index in [9.17, 15) is 19.2 Å². The van der Waals surface area contributed by atoms with Crippen molar-refractivity contribution in [1.29, 1.82) is 0 Å². The van der Waals surface area contributed by atoms with E-state index in [1.807, 2.05) is 19.1 Å². The molecule has 2 aromatic rings. The quantitative estimate of drug-likeness (QED) is 0.762. The summed E-state index contributed by atoms with van der Waals surface area (Å²) in [4.78, 5) is 50.8. The number of nitrogens with one attached hydrogen (secondary N) is 2. The van der Waals surface area contributed by atoms with Gasteiger partial charge in [0.2, 0.25) is 11.8 Å². The van der Waals surface area contributed by atoms with Crippen molar-refractivity contribution in [3.8, 4) is 0 Å². The van der Waals surface area contributed by atoms with Gasteiger partial charge in [0.05, 0.1) is 13.1 Å². The number of imide groups is 1. The van der Waals surface area contributed by atoms with Crippen LogP contribution >= 0.6 is 0 Å². The van der Waals surface area contributed by atoms with Crippen molar-refractivity contribution in [3.63, 3.8) is 0 Å². The van der Waals surface area contributed by atoms with Gasteiger partial charge in [0, 0.05) is 30.4 Å². The minimum absolute atomic E-state index is 0.0165. The van der Waals surface area contributed by atoms with Crippen molar-refractivity contribution >= 4 is 35.1 Å². The number of carbonyl (C=O) groups excluding carboxylic acids is 4. The minimum atomic E-state index is -0.407. The Bertz CT molecular complexity index is 1030. The molecule has 0 spiro atoms. The third kappa shape index (κ3) is 3.63. The summed E-state index contributed by atoms with van der Waals surface area (Å²) in [6.07, 6.45) is 0.444. The van der Waals surface area contributed by atoms with E-state index in [2.05, 4.69) is 10.6 Å². The van der Waals surface area contributed by atoms with Crippen LogP contribution in [0.15, 0.2) is 42.5 Å². The monoisotopic (exact) mass is 406 g/mol. The van der Waals surface area contributed by atoms with Crippen LogP contribution in [0.2, 0.25) is 0 Å². The first-order valence-electron chi connectivity index (χ1n) is 9.72. The van der Waals surface area contributed by atoms with Crippen LogP contribution < -0.4 is 15.5 Å². The molecule has 1 atom stereocenters. The van der Waals surface area contributed by atoms with Crippen molar-refractivity contribution in [1.82, 2.24) is 10.2 Å². The molecule has 1 unspecified atom stereocenters. The highest BCUT2D eigenvalue weighted by molar-refractivity contribution is 6.05. The Kier molecular flexibility index (Phi) is 4.99. The number of hydrogen-bond donors (Lipinski definition) is 2. The fraction of sp³-hybridized carbons (Fsp3) is 0.273. The molecule has 5 amide bonds. The highest BCUT2D eigenvalue weighted by Gasteiger charge is 2.28. The Morgan fingerprint density at radius 1 is 1.10 bits per heavy atom. The molecule has 0 bridgehead atoms. The maximum atomic E-state index is 12.6. The number of fused-ring (bicyclic) bond motifs is 1. The smallest absolute Gasteiger partial charge is 0.324 e. The molecule has 0 radical (unpaired) electrons. The van der Waals surface area contributed by atoms with Gasteiger partial charge in [0.25, 0.3) is 5.91 Å². The van der Waals surface area contributed by atoms with E-state index in [4.69, 9.17) is 0 Å². The van der Waals surface area contributed by atoms with Gasteiger partial charge in [-0.2, -0.15) is 0 Å². The van der Waals surface area contributed by atoms with E-state index < -0.39 is 6.03 Å². The molecule has 0 aromatic heterocycles. The first-order valence-corrected chi connectivity index (χ1v) is 9.72. The minimum Gasteiger partial charge on any atom is -0.329 e. The Balaban J connectivity index is 1.45. The number of benzene rings is 2. The van der Waals surface area contributed by atoms with Crippen molar-refractivity contribution in [3.05, 3.63) is 59.2 Å². The number of carbonyl (C=O) groups is 4. The number of nitrogens with zero attached hydrogens (tertiary/aromatic N) is 2. The Hall–Kier alpha value is -3.68. The molecule has 2 aromatic carbocycles. The molecule has 2 heterocycles. The van der Waals surface area contributed by atoms with E-state index in [0.717, 1.165) is 21.7 Å². The maximum absolute atomic E-state index is 12.6. The molecule has 0 aliphatic carbocycles. The summed E-state index contributed by atoms with van der Waals surface area (Å²) in [7, 11) is 1.76. The zero-order valence-electron chi connectivity index (χ0n) is 16.8. The summed E-state index contributed by atoms with van der Waals surface area (Å²) >= 11 is 0. The molecule has 2 aliphatic rings. The van der Waals surface area contributed by atoms with Gasteiger partial charge in [-0.05, 0) is 47.4 Å². The summed E-state index contributed by atoms with van der Waals surface area (Å²) < 4.78 is 0. The van der Waals surface area contributed by atoms with Crippen LogP contribution in [-0.2, 0) is 16.1 Å². The van der Waals surface area contributed by atoms with Crippen LogP contribution in [0.25, 0.3) is 0 Å². The van der Waals surface area contributed by atoms with E-state index >= 15 is 0 Å². The molecular formula is C22H22N4O4. The lowest BCUT2D eigenvalue weighted by molar-refractivity contribution is -0.125. The Labute approximate surface area is 173 Å². The van der Waals surface area contributed by atoms with Crippen molar-refractivity contribution in [2.75, 3.05) is 23.8 Å². The average Bonchev–Trinajstić information content (AvgIpc) is 3.04. The van der Waals surface area contributed by atoms with Crippen molar-refractivity contribution in [2.45, 2.75) is 25.8 Å². The van der Waals surface area contributed by atoms with E-state index in [-0.39, 0.29) is 36.7 Å². The second-order valence-corrected chi connectivity index (χ2v) is 7.62. The number of hydrogen-bond acceptors (Lipinski definition) is 4. The highest BCUT2D eigenvalue weighted by atomic mass is 16.2. The lowest BCUT2D eigenvalue weighted by atomic mass is 9.91. The predicted octanol–water partition coefficient (Wildman–Crippen LogP) is 2.46. The van der Waals surface area contributed by atoms with Crippen LogP contribution in [0.5, 0.6) is 0 Å². The van der Waals surface area contributed by atoms with E-state index in [1.54, 1.807) is 42.3 Å². The summed E-state index contributed by atoms with van der Waals surface area (Å²) in [5.41, 5.74) is 3.78. The standard InChI is InChI=1S/C22H22N4O4/c1-13-9-19(27)25(2)18-8-7-16(10-17(13)18)24-21(29)15-5-3-14(4-6-15)12-26-20(28)11-23-22(26)30/h3-8,10,13H,9,11-12H2,1-2H3,(H,23,30)(H,24,29). The first kappa shape index (κ1) is 19.6. The maximum Gasteiger partial charge on any atom is 0.324 e. The van der Waals surface area contributed by atoms with Crippen molar-refractivity contribution < 1.29 is 19.2 Å². The topological polar surface area (TPSA) is 98.8 Å². The number of rotatable bonds is 4. The van der Waals surface area contributed by atoms with Crippen LogP contribution in [-0.4, -0.2) is 42.2 Å². The summed E-state index contributed by atoms with van der Waals surface area (Å²) in [6, 6.07) is 11.9. The molecule has 8 heteroatoms. The zero-order valence-corrected chi connectivity index (χ0v) is 16.8. The van der Waals surface area contributed by atoms with Crippen LogP contribution in [0.1, 0.15) is 40.7 Å². The average molecular weight is 406 g/mol. The molecule has 1 fully saturated rings. The van der Waals surface area contributed by atoms with Gasteiger partial charge < -0.3 is 15.5 Å². The predicted molar refractivity (Wildman–Crippen MR) is 111 cm³/mol. The molecule has 8 nitrogen and oxygen atoms in total. The number of anilines is 2. The van der Waals surface area contributed by atoms with Gasteiger partial charge in [-0.3, -0.25) is 19.3 Å². The lowest BCUT2D eigenvalue weighted by Crippen LogP contribution is -2.32. The molecule has 1 saturated heterocycles. The Morgan fingerprint density at radius 2 is 1.83 bits per heavy atom. The highest BCUT2D eigenvalue weighted by Crippen LogP contribution is 2.36. The van der Waals surface area contributed by atoms with Gasteiger partial charge in [0.1, 0.15) is 0 Å². The molecule has 0 saturated carbocycles. The molecule has 2 N–H and O–H groups in total. The van der Waals surface area contributed by atoms with Crippen LogP contribution in [0, 0.1) is 0 Å². The molecule has 154 valence electrons. The fourth-order valence-corrected chi connectivity index (χ4v) is 3.74. The third-order valence-corrected chi connectivity index (χ3v) is 5.53. The molecule has 30 heavy (non-hydrogen) atoms. The second-order valence-electron chi connectivity index (χ2n) is 7.62. The van der Waals surface area contributed by atoms with Gasteiger partial charge in [-0.25, -0.2) is 4.79 Å². The van der Waals surface area contributed by atoms with Gasteiger partial charge in [-0.15, -0.1) is 0 Å². The fourth-order valence-electron chi connectivity index (χ4n) is 3.74. The van der Waals surface area contributed by atoms with Crippen molar-refractivity contribution in [2.24, 2.45) is 0 Å². The zero-order chi connectivity index (χ0) is 21.4. The van der Waals surface area contributed by atoms with Gasteiger partial charge in [0.15, 0.2) is 0 Å². The third-order valence-electron chi connectivity index (χ3n) is 5.53. The SMILES string of the molecule is CC1CC(=O)N(C)c2ccc(NC(=O)c3ccc(CN4C(=O)CNC4=O)cc3)cc21. The van der Waals surface area contributed by atoms with E-state index in [1.165, 1.54) is 0 Å². The van der Waals surface area contributed by atoms with Crippen LogP contribution in [0.3, 0.4) is 0 Å². The second kappa shape index (κ2) is 7.62. The largest absolute Gasteiger partial charge is 0.329 e. The molecular weight excluding hydrogens is 384 g/mol. The number of urea groups is 1. The summed E-state index contributed by atoms with van der Waals surface area (Å²) in [5, 5.41) is 5.37. The van der Waals surface area contributed by atoms with Gasteiger partial charge in [-0.1, -0.05) is 19.1 Å². The molecule has 4 rings (SSSR count). The lowest BCUT2D eigenvalue weighted by Gasteiger charge is -2.30. The summed E-state index contributed by atoms with van der Waals surface area (Å²) in [6.45, 7) is 2.18. The first-order chi connectivity index (χ1) is 14.3. The normalized spacial score (nSPS) is 18.3. The van der Waals surface area contributed by atoms with E-state index in [0.29, 0.717) is 17.7 Å². The van der Waals surface area contributed by atoms with Gasteiger partial charge >= 0.3 is 6.03 Å². The molecule has 2 aliphatic heterocycles. The Morgan fingerprint density at radius 3 is 2.50 bits per heavy atom. The summed E-state index contributed by atoms with van der Waals surface area (Å²) in [5.74, 6) is -0.356.